The van der Waals surface area contributed by atoms with Gasteiger partial charge in [0.2, 0.25) is 0 Å². The van der Waals surface area contributed by atoms with Crippen LogP contribution in [0, 0.1) is 10.1 Å². The number of hydrogen-bond donors (Lipinski definition) is 0. The Labute approximate surface area is 97.3 Å². The minimum absolute atomic E-state index is 0.131. The molecule has 0 aliphatic carbocycles. The largest absolute Gasteiger partial charge is 0.269 e. The van der Waals surface area contributed by atoms with Crippen LogP contribution in [0.15, 0.2) is 64.4 Å². The molecule has 0 fully saturated rings. The third kappa shape index (κ3) is 2.61. The highest BCUT2D eigenvalue weighted by Gasteiger charge is 2.09. The number of nitro groups is 1. The molecule has 0 atom stereocenters. The van der Waals surface area contributed by atoms with Gasteiger partial charge in [-0.25, -0.2) is 0 Å². The molecule has 4 heteroatoms. The van der Waals surface area contributed by atoms with E-state index in [0.717, 1.165) is 16.7 Å². The summed E-state index contributed by atoms with van der Waals surface area (Å²) in [6.45, 7) is 0. The molecule has 0 heterocycles. The van der Waals surface area contributed by atoms with Crippen LogP contribution in [0.2, 0.25) is 0 Å². The van der Waals surface area contributed by atoms with Crippen molar-refractivity contribution in [3.8, 4) is 0 Å². The summed E-state index contributed by atoms with van der Waals surface area (Å²) in [5.74, 6) is 0. The Morgan fingerprint density at radius 2 is 1.44 bits per heavy atom. The van der Waals surface area contributed by atoms with Crippen LogP contribution >= 0.6 is 0 Å². The van der Waals surface area contributed by atoms with Crippen molar-refractivity contribution in [3.63, 3.8) is 0 Å². The zero-order chi connectivity index (χ0) is 11.4. The van der Waals surface area contributed by atoms with Crippen LogP contribution in [0.5, 0.6) is 0 Å². The minimum atomic E-state index is -0.386. The predicted molar refractivity (Wildman–Crippen MR) is 64.8 cm³/mol. The molecule has 0 unspecified atom stereocenters. The van der Waals surface area contributed by atoms with Crippen molar-refractivity contribution in [2.24, 2.45) is 0 Å². The summed E-state index contributed by atoms with van der Waals surface area (Å²) in [4.78, 5) is 12.3. The molecule has 0 radical (unpaired) electrons. The van der Waals surface area contributed by atoms with E-state index in [4.69, 9.17) is 0 Å². The molecule has 2 rings (SSSR count). The van der Waals surface area contributed by atoms with Gasteiger partial charge in [-0.2, -0.15) is 0 Å². The number of hydrogen-bond acceptors (Lipinski definition) is 2. The van der Waals surface area contributed by atoms with E-state index in [1.807, 2.05) is 30.3 Å². The molecule has 2 aromatic rings. The van der Waals surface area contributed by atoms with Gasteiger partial charge in [0.1, 0.15) is 0 Å². The Kier molecular flexibility index (Phi) is 3.22. The molecule has 0 spiro atoms. The molecule has 0 amide bonds. The van der Waals surface area contributed by atoms with Crippen molar-refractivity contribution in [2.75, 3.05) is 0 Å². The number of nitrogens with zero attached hydrogens (tertiary/aromatic N) is 1. The molecule has 0 aliphatic heterocycles. The number of benzene rings is 2. The molecule has 16 heavy (non-hydrogen) atoms. The molecule has 80 valence electrons. The number of rotatable bonds is 3. The van der Waals surface area contributed by atoms with Crippen LogP contribution < -0.4 is 0 Å². The van der Waals surface area contributed by atoms with Crippen LogP contribution in [0.25, 0.3) is 0 Å². The fraction of sp³-hybridized carbons (Fsp3) is 0. The van der Waals surface area contributed by atoms with Crippen LogP contribution in [-0.4, -0.2) is 4.92 Å². The lowest BCUT2D eigenvalue weighted by atomic mass is 10.3. The van der Waals surface area contributed by atoms with Gasteiger partial charge < -0.3 is 0 Å². The molecule has 2 aromatic carbocycles. The third-order valence-corrected chi connectivity index (χ3v) is 3.19. The van der Waals surface area contributed by atoms with E-state index < -0.39 is 0 Å². The van der Waals surface area contributed by atoms with Gasteiger partial charge in [-0.05, 0) is 12.1 Å². The lowest BCUT2D eigenvalue weighted by Gasteiger charge is -1.92. The van der Waals surface area contributed by atoms with Gasteiger partial charge in [-0.3, -0.25) is 10.1 Å². The van der Waals surface area contributed by atoms with Gasteiger partial charge in [0.15, 0.2) is 9.79 Å². The molecular weight excluding hydrogens is 222 g/mol. The van der Waals surface area contributed by atoms with Crippen molar-refractivity contribution in [3.05, 3.63) is 64.7 Å². The van der Waals surface area contributed by atoms with Crippen LogP contribution in [-0.2, 0) is 11.8 Å². The van der Waals surface area contributed by atoms with Gasteiger partial charge in [0.25, 0.3) is 5.69 Å². The highest BCUT2D eigenvalue weighted by molar-refractivity contribution is 7.78. The first kappa shape index (κ1) is 10.7. The molecule has 0 saturated heterocycles. The monoisotopic (exact) mass is 232 g/mol. The Morgan fingerprint density at radius 3 is 2.00 bits per heavy atom. The lowest BCUT2D eigenvalue weighted by Crippen LogP contribution is -1.88. The molecule has 0 saturated carbocycles. The van der Waals surface area contributed by atoms with Gasteiger partial charge >= 0.3 is 0 Å². The summed E-state index contributed by atoms with van der Waals surface area (Å²) in [6.07, 6.45) is 0. The standard InChI is InChI=1S/C12H9NO2S/c14-13(15)10-6-8-12(9-7-10)16-11-4-2-1-3-5-11/h1-9H/p+1. The van der Waals surface area contributed by atoms with Crippen molar-refractivity contribution in [1.29, 1.82) is 0 Å². The van der Waals surface area contributed by atoms with E-state index in [1.165, 1.54) is 17.0 Å². The van der Waals surface area contributed by atoms with Crippen LogP contribution in [0.4, 0.5) is 5.69 Å². The lowest BCUT2D eigenvalue weighted by molar-refractivity contribution is -0.384. The van der Waals surface area contributed by atoms with Gasteiger partial charge in [-0.1, -0.05) is 18.2 Å². The van der Waals surface area contributed by atoms with Crippen LogP contribution in [0.3, 0.4) is 0 Å². The number of thiol groups is 1. The zero-order valence-electron chi connectivity index (χ0n) is 8.41. The van der Waals surface area contributed by atoms with E-state index in [-0.39, 0.29) is 10.6 Å². The summed E-state index contributed by atoms with van der Waals surface area (Å²) in [5, 5.41) is 10.5. The molecule has 3 nitrogen and oxygen atoms in total. The maximum atomic E-state index is 10.5. The zero-order valence-corrected chi connectivity index (χ0v) is 9.30. The van der Waals surface area contributed by atoms with Gasteiger partial charge in [0, 0.05) is 36.0 Å². The fourth-order valence-electron chi connectivity index (χ4n) is 1.30. The van der Waals surface area contributed by atoms with E-state index in [2.05, 4.69) is 0 Å². The molecule has 0 aromatic heterocycles. The normalized spacial score (nSPS) is 10.0. The summed E-state index contributed by atoms with van der Waals surface area (Å²) in [6, 6.07) is 16.6. The smallest absolute Gasteiger partial charge is 0.258 e. The number of non-ortho nitro benzene ring substituents is 1. The van der Waals surface area contributed by atoms with Crippen molar-refractivity contribution < 1.29 is 4.92 Å². The number of nitro benzene ring substituents is 1. The summed E-state index contributed by atoms with van der Waals surface area (Å²) in [5.41, 5.74) is 0.131. The Bertz CT molecular complexity index is 482. The van der Waals surface area contributed by atoms with Gasteiger partial charge in [0.05, 0.1) is 4.92 Å². The Hall–Kier alpha value is -1.81. The quantitative estimate of drug-likeness (QED) is 0.353. The van der Waals surface area contributed by atoms with Crippen molar-refractivity contribution in [2.45, 2.75) is 9.79 Å². The fourth-order valence-corrected chi connectivity index (χ4v) is 2.22. The first-order chi connectivity index (χ1) is 7.75. The summed E-state index contributed by atoms with van der Waals surface area (Å²) in [7, 11) is 0. The third-order valence-electron chi connectivity index (χ3n) is 2.07. The first-order valence-electron chi connectivity index (χ1n) is 4.77. The molecule has 0 N–H and O–H groups in total. The van der Waals surface area contributed by atoms with E-state index >= 15 is 0 Å². The maximum Gasteiger partial charge on any atom is 0.269 e. The SMILES string of the molecule is O=[N+]([O-])c1ccc([SH+]c2ccccc2)cc1. The average molecular weight is 232 g/mol. The van der Waals surface area contributed by atoms with Crippen LogP contribution in [0.1, 0.15) is 0 Å². The van der Waals surface area contributed by atoms with Crippen molar-refractivity contribution in [1.82, 2.24) is 0 Å². The highest BCUT2D eigenvalue weighted by atomic mass is 32.2. The molecule has 0 aliphatic rings. The van der Waals surface area contributed by atoms with Crippen molar-refractivity contribution >= 4 is 17.4 Å². The van der Waals surface area contributed by atoms with E-state index in [1.54, 1.807) is 12.1 Å². The summed E-state index contributed by atoms with van der Waals surface area (Å²) < 4.78 is 0. The first-order valence-corrected chi connectivity index (χ1v) is 5.66. The minimum Gasteiger partial charge on any atom is -0.258 e. The molecular formula is C12H10NO2S+. The van der Waals surface area contributed by atoms with Gasteiger partial charge in [-0.15, -0.1) is 0 Å². The molecule has 0 bridgehead atoms. The Balaban J connectivity index is 2.14. The average Bonchev–Trinajstić information content (AvgIpc) is 2.31. The second kappa shape index (κ2) is 4.81. The summed E-state index contributed by atoms with van der Waals surface area (Å²) >= 11 is 1.06. The second-order valence-electron chi connectivity index (χ2n) is 3.22. The Morgan fingerprint density at radius 1 is 0.875 bits per heavy atom. The topological polar surface area (TPSA) is 43.1 Å². The maximum absolute atomic E-state index is 10.5. The highest BCUT2D eigenvalue weighted by Crippen LogP contribution is 2.16. The second-order valence-corrected chi connectivity index (χ2v) is 4.48. The van der Waals surface area contributed by atoms with E-state index in [9.17, 15) is 10.1 Å². The van der Waals surface area contributed by atoms with E-state index in [0.29, 0.717) is 0 Å². The predicted octanol–water partition coefficient (Wildman–Crippen LogP) is 2.83.